The van der Waals surface area contributed by atoms with Gasteiger partial charge in [-0.1, -0.05) is 54.6 Å². The number of carbonyl (C=O) groups excluding carboxylic acids is 2. The molecule has 0 saturated carbocycles. The van der Waals surface area contributed by atoms with Gasteiger partial charge in [0.15, 0.2) is 0 Å². The smallest absolute Gasteiger partial charge is 0.273 e. The maximum Gasteiger partial charge on any atom is 0.281 e. The van der Waals surface area contributed by atoms with Gasteiger partial charge in [0, 0.05) is 5.56 Å². The van der Waals surface area contributed by atoms with Crippen LogP contribution in [0, 0.1) is 13.8 Å². The summed E-state index contributed by atoms with van der Waals surface area (Å²) in [6.45, 7) is 3.74. The molecule has 0 bridgehead atoms. The minimum Gasteiger partial charge on any atom is -0.273 e. The number of rotatable bonds is 4. The molecular formula is C20H19N3O2S. The molecule has 0 unspecified atom stereocenters. The minimum atomic E-state index is -0.361. The van der Waals surface area contributed by atoms with Crippen molar-refractivity contribution in [3.05, 3.63) is 76.3 Å². The van der Waals surface area contributed by atoms with Crippen LogP contribution in [0.25, 0.3) is 10.6 Å². The second-order valence-electron chi connectivity index (χ2n) is 5.91. The molecule has 5 nitrogen and oxygen atoms in total. The van der Waals surface area contributed by atoms with Crippen molar-refractivity contribution in [1.82, 2.24) is 15.8 Å². The van der Waals surface area contributed by atoms with Crippen molar-refractivity contribution < 1.29 is 9.59 Å². The fraction of sp³-hybridized carbons (Fsp3) is 0.150. The van der Waals surface area contributed by atoms with Crippen LogP contribution in [0.2, 0.25) is 0 Å². The zero-order chi connectivity index (χ0) is 18.5. The first kappa shape index (κ1) is 17.8. The lowest BCUT2D eigenvalue weighted by Crippen LogP contribution is -2.42. The number of nitrogens with one attached hydrogen (secondary N) is 2. The van der Waals surface area contributed by atoms with E-state index in [1.165, 1.54) is 11.3 Å². The number of nitrogens with zero attached hydrogens (tertiary/aromatic N) is 1. The number of hydrogen-bond donors (Lipinski definition) is 2. The Morgan fingerprint density at radius 3 is 2.38 bits per heavy atom. The molecule has 2 N–H and O–H groups in total. The normalized spacial score (nSPS) is 10.4. The monoisotopic (exact) mass is 365 g/mol. The van der Waals surface area contributed by atoms with Gasteiger partial charge in [-0.3, -0.25) is 20.4 Å². The molecule has 0 aliphatic heterocycles. The summed E-state index contributed by atoms with van der Waals surface area (Å²) >= 11 is 1.30. The first-order chi connectivity index (χ1) is 12.5. The Balaban J connectivity index is 1.63. The highest BCUT2D eigenvalue weighted by molar-refractivity contribution is 7.17. The molecule has 2 amide bonds. The van der Waals surface area contributed by atoms with Crippen molar-refractivity contribution in [3.63, 3.8) is 0 Å². The summed E-state index contributed by atoms with van der Waals surface area (Å²) in [6, 6.07) is 17.4. The van der Waals surface area contributed by atoms with Gasteiger partial charge in [-0.25, -0.2) is 4.98 Å². The summed E-state index contributed by atoms with van der Waals surface area (Å²) in [5.74, 6) is -0.626. The molecule has 0 radical (unpaired) electrons. The number of benzene rings is 2. The van der Waals surface area contributed by atoms with Crippen molar-refractivity contribution >= 4 is 23.2 Å². The zero-order valence-corrected chi connectivity index (χ0v) is 15.4. The second-order valence-corrected chi connectivity index (χ2v) is 6.90. The van der Waals surface area contributed by atoms with Crippen LogP contribution in [-0.2, 0) is 11.2 Å². The van der Waals surface area contributed by atoms with Gasteiger partial charge in [0.1, 0.15) is 9.88 Å². The Morgan fingerprint density at radius 1 is 0.962 bits per heavy atom. The van der Waals surface area contributed by atoms with E-state index in [2.05, 4.69) is 15.8 Å². The van der Waals surface area contributed by atoms with Crippen LogP contribution in [0.5, 0.6) is 0 Å². The maximum atomic E-state index is 12.4. The predicted molar refractivity (Wildman–Crippen MR) is 103 cm³/mol. The molecule has 132 valence electrons. The number of aryl methyl sites for hydroxylation is 2. The number of aromatic nitrogens is 1. The summed E-state index contributed by atoms with van der Waals surface area (Å²) in [4.78, 5) is 29.4. The highest BCUT2D eigenvalue weighted by Crippen LogP contribution is 2.27. The third-order valence-electron chi connectivity index (χ3n) is 3.95. The number of hydrazine groups is 1. The van der Waals surface area contributed by atoms with Crippen molar-refractivity contribution in [3.8, 4) is 10.6 Å². The van der Waals surface area contributed by atoms with E-state index < -0.39 is 0 Å². The van der Waals surface area contributed by atoms with Crippen molar-refractivity contribution in [2.75, 3.05) is 0 Å². The van der Waals surface area contributed by atoms with Crippen LogP contribution in [0.4, 0.5) is 0 Å². The second kappa shape index (κ2) is 7.93. The van der Waals surface area contributed by atoms with Gasteiger partial charge in [0.2, 0.25) is 5.91 Å². The third kappa shape index (κ3) is 4.15. The average molecular weight is 365 g/mol. The number of amides is 2. The SMILES string of the molecule is Cc1ccccc1CC(=O)NNC(=O)c1sc(-c2ccccc2)nc1C. The molecule has 3 rings (SSSR count). The molecular weight excluding hydrogens is 346 g/mol. The Bertz CT molecular complexity index is 935. The fourth-order valence-electron chi connectivity index (χ4n) is 2.52. The van der Waals surface area contributed by atoms with Crippen LogP contribution in [0.3, 0.4) is 0 Å². The minimum absolute atomic E-state index is 0.212. The quantitative estimate of drug-likeness (QED) is 0.696. The van der Waals surface area contributed by atoms with E-state index in [4.69, 9.17) is 0 Å². The maximum absolute atomic E-state index is 12.4. The molecule has 3 aromatic rings. The van der Waals surface area contributed by atoms with E-state index in [-0.39, 0.29) is 18.2 Å². The highest BCUT2D eigenvalue weighted by atomic mass is 32.1. The van der Waals surface area contributed by atoms with Gasteiger partial charge >= 0.3 is 0 Å². The topological polar surface area (TPSA) is 71.1 Å². The van der Waals surface area contributed by atoms with Gasteiger partial charge in [-0.05, 0) is 25.0 Å². The molecule has 6 heteroatoms. The van der Waals surface area contributed by atoms with Crippen LogP contribution >= 0.6 is 11.3 Å². The van der Waals surface area contributed by atoms with Crippen LogP contribution in [0.15, 0.2) is 54.6 Å². The van der Waals surface area contributed by atoms with E-state index in [1.807, 2.05) is 61.5 Å². The van der Waals surface area contributed by atoms with Crippen LogP contribution in [0.1, 0.15) is 26.5 Å². The summed E-state index contributed by atoms with van der Waals surface area (Å²) < 4.78 is 0. The molecule has 1 aromatic heterocycles. The fourth-order valence-corrected chi connectivity index (χ4v) is 3.49. The van der Waals surface area contributed by atoms with E-state index in [0.717, 1.165) is 21.7 Å². The van der Waals surface area contributed by atoms with Gasteiger partial charge < -0.3 is 0 Å². The largest absolute Gasteiger partial charge is 0.281 e. The molecule has 0 saturated heterocycles. The van der Waals surface area contributed by atoms with Gasteiger partial charge in [-0.2, -0.15) is 0 Å². The average Bonchev–Trinajstić information content (AvgIpc) is 3.04. The molecule has 1 heterocycles. The standard InChI is InChI=1S/C20H19N3O2S/c1-13-8-6-7-11-16(13)12-17(24)22-23-19(25)18-14(2)21-20(26-18)15-9-4-3-5-10-15/h3-11H,12H2,1-2H3,(H,22,24)(H,23,25). The van der Waals surface area contributed by atoms with Crippen molar-refractivity contribution in [2.45, 2.75) is 20.3 Å². The Hall–Kier alpha value is -2.99. The molecule has 0 atom stereocenters. The lowest BCUT2D eigenvalue weighted by Gasteiger charge is -2.08. The highest BCUT2D eigenvalue weighted by Gasteiger charge is 2.17. The Kier molecular flexibility index (Phi) is 5.43. The zero-order valence-electron chi connectivity index (χ0n) is 14.6. The number of carbonyl (C=O) groups is 2. The van der Waals surface area contributed by atoms with Crippen molar-refractivity contribution in [2.24, 2.45) is 0 Å². The molecule has 0 aliphatic carbocycles. The summed E-state index contributed by atoms with van der Waals surface area (Å²) in [5, 5.41) is 0.777. The van der Waals surface area contributed by atoms with Crippen LogP contribution in [-0.4, -0.2) is 16.8 Å². The first-order valence-electron chi connectivity index (χ1n) is 8.21. The van der Waals surface area contributed by atoms with E-state index in [9.17, 15) is 9.59 Å². The lowest BCUT2D eigenvalue weighted by molar-refractivity contribution is -0.121. The van der Waals surface area contributed by atoms with Crippen molar-refractivity contribution in [1.29, 1.82) is 0 Å². The van der Waals surface area contributed by atoms with E-state index in [0.29, 0.717) is 10.6 Å². The molecule has 0 spiro atoms. The van der Waals surface area contributed by atoms with E-state index in [1.54, 1.807) is 6.92 Å². The van der Waals surface area contributed by atoms with Gasteiger partial charge in [0.05, 0.1) is 12.1 Å². The number of hydrogen-bond acceptors (Lipinski definition) is 4. The first-order valence-corrected chi connectivity index (χ1v) is 9.03. The summed E-state index contributed by atoms with van der Waals surface area (Å²) in [6.07, 6.45) is 0.212. The summed E-state index contributed by atoms with van der Waals surface area (Å²) in [7, 11) is 0. The Morgan fingerprint density at radius 2 is 1.65 bits per heavy atom. The van der Waals surface area contributed by atoms with E-state index >= 15 is 0 Å². The predicted octanol–water partition coefficient (Wildman–Crippen LogP) is 3.43. The van der Waals surface area contributed by atoms with Gasteiger partial charge in [-0.15, -0.1) is 11.3 Å². The molecule has 26 heavy (non-hydrogen) atoms. The summed E-state index contributed by atoms with van der Waals surface area (Å²) in [5.41, 5.74) is 8.52. The number of thiazole rings is 1. The molecule has 2 aromatic carbocycles. The molecule has 0 aliphatic rings. The Labute approximate surface area is 156 Å². The lowest BCUT2D eigenvalue weighted by atomic mass is 10.1. The van der Waals surface area contributed by atoms with Gasteiger partial charge in [0.25, 0.3) is 5.91 Å². The third-order valence-corrected chi connectivity index (χ3v) is 5.16. The molecule has 0 fully saturated rings. The van der Waals surface area contributed by atoms with Crippen LogP contribution < -0.4 is 10.9 Å².